The van der Waals surface area contributed by atoms with Crippen molar-refractivity contribution < 1.29 is 9.15 Å². The van der Waals surface area contributed by atoms with Crippen LogP contribution in [0.1, 0.15) is 55.6 Å². The number of hydrogen-bond acceptors (Lipinski definition) is 2. The van der Waals surface area contributed by atoms with Crippen molar-refractivity contribution in [2.75, 3.05) is 0 Å². The average molecular weight is 451 g/mol. The van der Waals surface area contributed by atoms with Gasteiger partial charge in [-0.2, -0.15) is 0 Å². The number of aliphatic imine (C=N–C) groups is 1. The van der Waals surface area contributed by atoms with Crippen LogP contribution in [-0.2, 0) is 13.3 Å². The second-order valence-corrected chi connectivity index (χ2v) is 10.3. The summed E-state index contributed by atoms with van der Waals surface area (Å²) >= 11 is 0. The van der Waals surface area contributed by atoms with Crippen LogP contribution in [0, 0.1) is 27.7 Å². The van der Waals surface area contributed by atoms with E-state index in [1.165, 1.54) is 67.0 Å². The van der Waals surface area contributed by atoms with E-state index in [9.17, 15) is 0 Å². The van der Waals surface area contributed by atoms with Crippen LogP contribution in [0.3, 0.4) is 0 Å². The molecule has 0 atom stereocenters. The first-order valence-corrected chi connectivity index (χ1v) is 12.1. The summed E-state index contributed by atoms with van der Waals surface area (Å²) in [6.07, 6.45) is 4.67. The first-order valence-electron chi connectivity index (χ1n) is 12.1. The Labute approximate surface area is 199 Å². The van der Waals surface area contributed by atoms with Gasteiger partial charge in [0.05, 0.1) is 22.2 Å². The maximum absolute atomic E-state index is 5.39. The Morgan fingerprint density at radius 2 is 1.41 bits per heavy atom. The minimum absolute atomic E-state index is 0.728. The van der Waals surface area contributed by atoms with Gasteiger partial charge in [-0.15, -0.1) is 0 Å². The van der Waals surface area contributed by atoms with E-state index in [-0.39, 0.29) is 0 Å². The van der Waals surface area contributed by atoms with Crippen LogP contribution >= 0.6 is 0 Å². The molecule has 0 spiro atoms. The van der Waals surface area contributed by atoms with Crippen LogP contribution < -0.4 is 10.8 Å². The highest BCUT2D eigenvalue weighted by Crippen LogP contribution is 2.38. The smallest absolute Gasteiger partial charge is 0.288 e. The molecule has 2 aromatic rings. The summed E-state index contributed by atoms with van der Waals surface area (Å²) in [6.45, 7) is 19.2. The molecule has 2 aromatic heterocycles. The number of allylic oxidation sites excluding steroid dienone is 2. The highest BCUT2D eigenvalue weighted by Gasteiger charge is 2.41. The van der Waals surface area contributed by atoms with Crippen molar-refractivity contribution in [2.45, 2.75) is 68.7 Å². The van der Waals surface area contributed by atoms with Crippen LogP contribution in [0.25, 0.3) is 12.2 Å². The molecule has 7 rings (SSSR count). The van der Waals surface area contributed by atoms with Gasteiger partial charge in [0, 0.05) is 28.3 Å². The van der Waals surface area contributed by atoms with Crippen molar-refractivity contribution in [3.63, 3.8) is 0 Å². The minimum atomic E-state index is 0.728. The van der Waals surface area contributed by atoms with E-state index in [4.69, 9.17) is 9.98 Å². The summed E-state index contributed by atoms with van der Waals surface area (Å²) in [7, 11) is 0. The summed E-state index contributed by atoms with van der Waals surface area (Å²) in [5.41, 5.74) is 15.1. The summed E-state index contributed by atoms with van der Waals surface area (Å²) < 4.78 is 9.50. The fraction of sp³-hybridized carbons (Fsp3) is 0.357. The lowest BCUT2D eigenvalue weighted by atomic mass is 10.1. The molecule has 34 heavy (non-hydrogen) atoms. The van der Waals surface area contributed by atoms with Crippen molar-refractivity contribution in [3.05, 3.63) is 66.8 Å². The Balaban J connectivity index is 1.70. The molecule has 0 aliphatic carbocycles. The fourth-order valence-corrected chi connectivity index (χ4v) is 6.15. The van der Waals surface area contributed by atoms with E-state index in [1.54, 1.807) is 0 Å². The average Bonchev–Trinajstić information content (AvgIpc) is 3.38. The minimum Gasteiger partial charge on any atom is -0.288 e. The molecule has 0 amide bonds. The van der Waals surface area contributed by atoms with Gasteiger partial charge < -0.3 is 0 Å². The van der Waals surface area contributed by atoms with E-state index in [0.717, 1.165) is 36.3 Å². The van der Waals surface area contributed by atoms with Gasteiger partial charge >= 0.3 is 11.7 Å². The second kappa shape index (κ2) is 6.12. The summed E-state index contributed by atoms with van der Waals surface area (Å²) in [4.78, 5) is 10.8. The van der Waals surface area contributed by atoms with E-state index in [0.29, 0.717) is 0 Å². The van der Waals surface area contributed by atoms with Gasteiger partial charge in [0.2, 0.25) is 0 Å². The van der Waals surface area contributed by atoms with Gasteiger partial charge in [-0.3, -0.25) is 9.13 Å². The fourth-order valence-electron chi connectivity index (χ4n) is 6.15. The van der Waals surface area contributed by atoms with E-state index in [1.807, 2.05) is 0 Å². The molecule has 0 aromatic carbocycles. The molecule has 0 saturated heterocycles. The summed E-state index contributed by atoms with van der Waals surface area (Å²) in [5.74, 6) is 3.16. The molecule has 6 nitrogen and oxygen atoms in total. The molecule has 0 saturated carbocycles. The zero-order chi connectivity index (χ0) is 23.8. The molecule has 4 bridgehead atoms. The predicted molar refractivity (Wildman–Crippen MR) is 135 cm³/mol. The number of rotatable bonds is 0. The van der Waals surface area contributed by atoms with Crippen molar-refractivity contribution in [3.8, 4) is 0 Å². The van der Waals surface area contributed by atoms with Crippen molar-refractivity contribution >= 4 is 35.4 Å². The molecule has 5 aliphatic heterocycles. The Bertz CT molecular complexity index is 1750. The normalized spacial score (nSPS) is 19.9. The van der Waals surface area contributed by atoms with Gasteiger partial charge in [-0.1, -0.05) is 0 Å². The number of nitrogens with zero attached hydrogens (tertiary/aromatic N) is 6. The molecule has 5 aliphatic rings. The van der Waals surface area contributed by atoms with Crippen molar-refractivity contribution in [1.82, 2.24) is 9.13 Å². The number of amidine groups is 2. The Kier molecular flexibility index (Phi) is 3.58. The number of aromatic nitrogens is 2. The molecule has 0 radical (unpaired) electrons. The second-order valence-electron chi connectivity index (χ2n) is 10.3. The molecular weight excluding hydrogens is 420 g/mol. The third kappa shape index (κ3) is 2.13. The predicted octanol–water partition coefficient (Wildman–Crippen LogP) is 3.51. The summed E-state index contributed by atoms with van der Waals surface area (Å²) in [5, 5.41) is 1.26. The van der Waals surface area contributed by atoms with Crippen LogP contribution in [0.15, 0.2) is 38.0 Å². The third-order valence-electron chi connectivity index (χ3n) is 8.85. The zero-order valence-corrected chi connectivity index (χ0v) is 21.3. The molecule has 0 N–H and O–H groups in total. The van der Waals surface area contributed by atoms with Gasteiger partial charge in [0.25, 0.3) is 0 Å². The standard InChI is InChI=1S/C28H30N6/c1-13-17(5)25-29-26-19(7)15(3)23-10-24-16(4)20(8)28(34(24)12-33(23)26)30-27-18(6)14(2)22-9-21(13)31(25)11-32(22)27/h9-10H,11-12H2,1-8H3/q+2. The summed E-state index contributed by atoms with van der Waals surface area (Å²) in [6, 6.07) is 0. The monoisotopic (exact) mass is 450 g/mol. The largest absolute Gasteiger partial charge is 0.333 e. The van der Waals surface area contributed by atoms with E-state index >= 15 is 0 Å². The lowest BCUT2D eigenvalue weighted by molar-refractivity contribution is -0.505. The van der Waals surface area contributed by atoms with Crippen LogP contribution in [0.4, 0.5) is 5.82 Å². The van der Waals surface area contributed by atoms with Gasteiger partial charge in [-0.25, -0.2) is 14.1 Å². The Hall–Kier alpha value is -3.54. The molecule has 0 fully saturated rings. The third-order valence-corrected chi connectivity index (χ3v) is 8.85. The highest BCUT2D eigenvalue weighted by atomic mass is 15.3. The Morgan fingerprint density at radius 1 is 0.676 bits per heavy atom. The molecule has 170 valence electrons. The SMILES string of the molecule is CC1=C(C)C2=[N+]3Cn4c(c(C)c(C)c4N=c4c(C)c(C)c5n4C[N+]4=C(C=5)C(C)=C(C)C4=N2)C=C13. The van der Waals surface area contributed by atoms with Crippen LogP contribution in [0.5, 0.6) is 0 Å². The van der Waals surface area contributed by atoms with E-state index in [2.05, 4.69) is 85.8 Å². The van der Waals surface area contributed by atoms with Gasteiger partial charge in [-0.05, 0) is 77.6 Å². The molecule has 7 heterocycles. The van der Waals surface area contributed by atoms with Gasteiger partial charge in [0.15, 0.2) is 13.3 Å². The Morgan fingerprint density at radius 3 is 2.18 bits per heavy atom. The highest BCUT2D eigenvalue weighted by molar-refractivity contribution is 6.26. The van der Waals surface area contributed by atoms with Crippen molar-refractivity contribution in [2.24, 2.45) is 9.98 Å². The van der Waals surface area contributed by atoms with Crippen LogP contribution in [0.2, 0.25) is 0 Å². The maximum atomic E-state index is 5.39. The maximum Gasteiger partial charge on any atom is 0.333 e. The number of hydrogen-bond donors (Lipinski definition) is 0. The lowest BCUT2D eigenvalue weighted by Gasteiger charge is -2.18. The van der Waals surface area contributed by atoms with E-state index < -0.39 is 0 Å². The first kappa shape index (κ1) is 19.9. The lowest BCUT2D eigenvalue weighted by Crippen LogP contribution is -2.40. The van der Waals surface area contributed by atoms with Gasteiger partial charge in [0.1, 0.15) is 22.7 Å². The first-order chi connectivity index (χ1) is 16.2. The zero-order valence-electron chi connectivity index (χ0n) is 21.3. The molecule has 0 unspecified atom stereocenters. The molecule has 6 heteroatoms. The molecular formula is C28H30N6+2. The quantitative estimate of drug-likeness (QED) is 0.551. The van der Waals surface area contributed by atoms with Crippen LogP contribution in [-0.4, -0.2) is 35.7 Å². The van der Waals surface area contributed by atoms with Crippen molar-refractivity contribution in [1.29, 1.82) is 0 Å². The topological polar surface area (TPSA) is 40.6 Å².